The normalized spacial score (nSPS) is 23.3. The zero-order chi connectivity index (χ0) is 11.4. The molecule has 2 nitrogen and oxygen atoms in total. The number of nitrogens with one attached hydrogen (secondary N) is 1. The van der Waals surface area contributed by atoms with Crippen molar-refractivity contribution in [3.63, 3.8) is 0 Å². The van der Waals surface area contributed by atoms with Gasteiger partial charge in [-0.25, -0.2) is 0 Å². The van der Waals surface area contributed by atoms with Crippen LogP contribution in [-0.4, -0.2) is 13.1 Å². The highest BCUT2D eigenvalue weighted by Gasteiger charge is 2.31. The van der Waals surface area contributed by atoms with E-state index in [1.165, 1.54) is 24.9 Å². The van der Waals surface area contributed by atoms with E-state index < -0.39 is 0 Å². The molecule has 1 aliphatic carbocycles. The Morgan fingerprint density at radius 1 is 1.44 bits per heavy atom. The molecule has 0 saturated heterocycles. The van der Waals surface area contributed by atoms with Crippen LogP contribution in [0.25, 0.3) is 0 Å². The number of aryl methyl sites for hydroxylation is 1. The second kappa shape index (κ2) is 5.35. The van der Waals surface area contributed by atoms with Gasteiger partial charge >= 0.3 is 0 Å². The van der Waals surface area contributed by atoms with Gasteiger partial charge in [0.2, 0.25) is 0 Å². The molecule has 0 amide bonds. The van der Waals surface area contributed by atoms with E-state index in [0.717, 1.165) is 30.5 Å². The molecule has 2 unspecified atom stereocenters. The molecule has 0 heterocycles. The van der Waals surface area contributed by atoms with E-state index in [9.17, 15) is 0 Å². The minimum Gasteiger partial charge on any atom is -0.399 e. The topological polar surface area (TPSA) is 38.0 Å². The number of rotatable bonds is 6. The Morgan fingerprint density at radius 3 is 2.94 bits per heavy atom. The third-order valence-electron chi connectivity index (χ3n) is 3.45. The van der Waals surface area contributed by atoms with Crippen LogP contribution in [0.3, 0.4) is 0 Å². The number of hydrogen-bond acceptors (Lipinski definition) is 2. The van der Waals surface area contributed by atoms with Crippen LogP contribution >= 0.6 is 0 Å². The van der Waals surface area contributed by atoms with Crippen molar-refractivity contribution in [1.29, 1.82) is 0 Å². The minimum absolute atomic E-state index is 0.872. The van der Waals surface area contributed by atoms with Crippen LogP contribution < -0.4 is 11.1 Å². The van der Waals surface area contributed by atoms with Crippen LogP contribution in [0.15, 0.2) is 24.3 Å². The maximum Gasteiger partial charge on any atom is 0.0316 e. The lowest BCUT2D eigenvalue weighted by Gasteiger charge is -2.04. The number of benzene rings is 1. The maximum absolute atomic E-state index is 5.74. The van der Waals surface area contributed by atoms with E-state index in [0.29, 0.717) is 0 Å². The van der Waals surface area contributed by atoms with Crippen LogP contribution in [-0.2, 0) is 6.42 Å². The largest absolute Gasteiger partial charge is 0.399 e. The fourth-order valence-corrected chi connectivity index (χ4v) is 2.14. The van der Waals surface area contributed by atoms with Gasteiger partial charge in [-0.2, -0.15) is 0 Å². The predicted molar refractivity (Wildman–Crippen MR) is 69.3 cm³/mol. The summed E-state index contributed by atoms with van der Waals surface area (Å²) >= 11 is 0. The summed E-state index contributed by atoms with van der Waals surface area (Å²) in [6.07, 6.45) is 3.74. The Labute approximate surface area is 98.2 Å². The zero-order valence-corrected chi connectivity index (χ0v) is 10.1. The molecule has 0 radical (unpaired) electrons. The predicted octanol–water partition coefficient (Wildman–Crippen LogP) is 2.45. The standard InChI is InChI=1S/C14H22N2/c1-11-8-13(11)10-16-7-3-5-12-4-2-6-14(15)9-12/h2,4,6,9,11,13,16H,3,5,7-8,10,15H2,1H3. The first-order chi connectivity index (χ1) is 7.75. The van der Waals surface area contributed by atoms with Gasteiger partial charge < -0.3 is 11.1 Å². The van der Waals surface area contributed by atoms with Crippen molar-refractivity contribution in [2.45, 2.75) is 26.2 Å². The fourth-order valence-electron chi connectivity index (χ4n) is 2.14. The van der Waals surface area contributed by atoms with Crippen LogP contribution in [0.2, 0.25) is 0 Å². The van der Waals surface area contributed by atoms with Gasteiger partial charge in [0.15, 0.2) is 0 Å². The Hall–Kier alpha value is -1.02. The van der Waals surface area contributed by atoms with E-state index in [2.05, 4.69) is 24.4 Å². The first-order valence-corrected chi connectivity index (χ1v) is 6.31. The summed E-state index contributed by atoms with van der Waals surface area (Å²) in [5, 5.41) is 3.53. The van der Waals surface area contributed by atoms with Gasteiger partial charge in [-0.05, 0) is 61.9 Å². The van der Waals surface area contributed by atoms with Gasteiger partial charge in [0.25, 0.3) is 0 Å². The zero-order valence-electron chi connectivity index (χ0n) is 10.1. The molecule has 2 atom stereocenters. The molecular weight excluding hydrogens is 196 g/mol. The van der Waals surface area contributed by atoms with E-state index in [1.54, 1.807) is 0 Å². The van der Waals surface area contributed by atoms with Crippen LogP contribution in [0.1, 0.15) is 25.3 Å². The second-order valence-corrected chi connectivity index (χ2v) is 5.03. The summed E-state index contributed by atoms with van der Waals surface area (Å²) in [5.74, 6) is 1.91. The van der Waals surface area contributed by atoms with Crippen molar-refractivity contribution in [3.8, 4) is 0 Å². The van der Waals surface area contributed by atoms with Crippen molar-refractivity contribution in [3.05, 3.63) is 29.8 Å². The third kappa shape index (κ3) is 3.53. The van der Waals surface area contributed by atoms with Crippen molar-refractivity contribution in [2.24, 2.45) is 11.8 Å². The highest BCUT2D eigenvalue weighted by molar-refractivity contribution is 5.40. The molecule has 1 saturated carbocycles. The lowest BCUT2D eigenvalue weighted by molar-refractivity contribution is 0.593. The molecule has 0 bridgehead atoms. The Bertz CT molecular complexity index is 335. The number of nitrogen functional groups attached to an aromatic ring is 1. The van der Waals surface area contributed by atoms with Crippen molar-refractivity contribution >= 4 is 5.69 Å². The molecule has 2 rings (SSSR count). The quantitative estimate of drug-likeness (QED) is 0.568. The van der Waals surface area contributed by atoms with Gasteiger partial charge in [-0.1, -0.05) is 19.1 Å². The molecule has 1 aromatic carbocycles. The summed E-state index contributed by atoms with van der Waals surface area (Å²) < 4.78 is 0. The van der Waals surface area contributed by atoms with Crippen LogP contribution in [0, 0.1) is 11.8 Å². The monoisotopic (exact) mass is 218 g/mol. The minimum atomic E-state index is 0.872. The maximum atomic E-state index is 5.74. The lowest BCUT2D eigenvalue weighted by atomic mass is 10.1. The fraction of sp³-hybridized carbons (Fsp3) is 0.571. The lowest BCUT2D eigenvalue weighted by Crippen LogP contribution is -2.19. The Morgan fingerprint density at radius 2 is 2.25 bits per heavy atom. The smallest absolute Gasteiger partial charge is 0.0316 e. The van der Waals surface area contributed by atoms with E-state index in [1.807, 2.05) is 12.1 Å². The molecule has 0 aliphatic heterocycles. The van der Waals surface area contributed by atoms with Gasteiger partial charge in [-0.3, -0.25) is 0 Å². The number of hydrogen-bond donors (Lipinski definition) is 2. The van der Waals surface area contributed by atoms with E-state index >= 15 is 0 Å². The number of nitrogens with two attached hydrogens (primary N) is 1. The van der Waals surface area contributed by atoms with E-state index in [-0.39, 0.29) is 0 Å². The Balaban J connectivity index is 1.57. The highest BCUT2D eigenvalue weighted by atomic mass is 14.9. The molecule has 0 aromatic heterocycles. The van der Waals surface area contributed by atoms with E-state index in [4.69, 9.17) is 5.73 Å². The second-order valence-electron chi connectivity index (χ2n) is 5.03. The SMILES string of the molecule is CC1CC1CNCCCc1cccc(N)c1. The summed E-state index contributed by atoms with van der Waals surface area (Å²) in [5.41, 5.74) is 7.96. The average molecular weight is 218 g/mol. The number of anilines is 1. The van der Waals surface area contributed by atoms with Crippen molar-refractivity contribution in [1.82, 2.24) is 5.32 Å². The van der Waals surface area contributed by atoms with Gasteiger partial charge in [0.1, 0.15) is 0 Å². The Kier molecular flexibility index (Phi) is 3.83. The highest BCUT2D eigenvalue weighted by Crippen LogP contribution is 2.36. The first kappa shape index (κ1) is 11.5. The molecule has 88 valence electrons. The average Bonchev–Trinajstić information content (AvgIpc) is 2.94. The molecule has 16 heavy (non-hydrogen) atoms. The van der Waals surface area contributed by atoms with Gasteiger partial charge in [0.05, 0.1) is 0 Å². The summed E-state index contributed by atoms with van der Waals surface area (Å²) in [7, 11) is 0. The van der Waals surface area contributed by atoms with Crippen molar-refractivity contribution in [2.75, 3.05) is 18.8 Å². The molecular formula is C14H22N2. The molecule has 3 N–H and O–H groups in total. The van der Waals surface area contributed by atoms with Gasteiger partial charge in [-0.15, -0.1) is 0 Å². The molecule has 1 aromatic rings. The molecule has 0 spiro atoms. The summed E-state index contributed by atoms with van der Waals surface area (Å²) in [6.45, 7) is 4.66. The molecule has 2 heteroatoms. The molecule has 1 aliphatic rings. The van der Waals surface area contributed by atoms with Gasteiger partial charge in [0, 0.05) is 5.69 Å². The third-order valence-corrected chi connectivity index (χ3v) is 3.45. The summed E-state index contributed by atoms with van der Waals surface area (Å²) in [6, 6.07) is 8.20. The van der Waals surface area contributed by atoms with Crippen LogP contribution in [0.5, 0.6) is 0 Å². The van der Waals surface area contributed by atoms with Crippen molar-refractivity contribution < 1.29 is 0 Å². The molecule has 1 fully saturated rings. The van der Waals surface area contributed by atoms with Crippen LogP contribution in [0.4, 0.5) is 5.69 Å². The first-order valence-electron chi connectivity index (χ1n) is 6.31. The summed E-state index contributed by atoms with van der Waals surface area (Å²) in [4.78, 5) is 0.